The maximum atomic E-state index is 6.16. The Morgan fingerprint density at radius 1 is 0.947 bits per heavy atom. The molecule has 2 nitrogen and oxygen atoms in total. The van der Waals surface area contributed by atoms with Crippen molar-refractivity contribution in [3.05, 3.63) is 60.2 Å². The molecule has 2 aliphatic rings. The zero-order valence-corrected chi connectivity index (χ0v) is 10.9. The third-order valence-corrected chi connectivity index (χ3v) is 4.04. The van der Waals surface area contributed by atoms with E-state index in [1.165, 1.54) is 24.1 Å². The molecule has 0 radical (unpaired) electrons. The maximum Gasteiger partial charge on any atom is 0.143 e. The Morgan fingerprint density at radius 2 is 1.68 bits per heavy atom. The van der Waals surface area contributed by atoms with Gasteiger partial charge in [-0.3, -0.25) is 0 Å². The Hall–Kier alpha value is -1.96. The summed E-state index contributed by atoms with van der Waals surface area (Å²) in [5.74, 6) is 1.04. The molecule has 2 aromatic carbocycles. The Kier molecular flexibility index (Phi) is 2.31. The van der Waals surface area contributed by atoms with Crippen LogP contribution in [0.4, 0.5) is 5.69 Å². The molecule has 1 fully saturated rings. The lowest BCUT2D eigenvalue weighted by molar-refractivity contribution is 0.171. The van der Waals surface area contributed by atoms with Crippen molar-refractivity contribution in [2.45, 2.75) is 25.0 Å². The highest BCUT2D eigenvalue weighted by molar-refractivity contribution is 5.61. The van der Waals surface area contributed by atoms with Gasteiger partial charge in [-0.15, -0.1) is 0 Å². The molecule has 0 saturated heterocycles. The molecule has 1 spiro atoms. The molecule has 2 heteroatoms. The average molecular weight is 251 g/mol. The lowest BCUT2D eigenvalue weighted by Crippen LogP contribution is -2.41. The van der Waals surface area contributed by atoms with Gasteiger partial charge in [-0.05, 0) is 30.5 Å². The van der Waals surface area contributed by atoms with E-state index in [9.17, 15) is 0 Å². The van der Waals surface area contributed by atoms with Crippen LogP contribution in [0.15, 0.2) is 54.6 Å². The van der Waals surface area contributed by atoms with Crippen molar-refractivity contribution in [2.75, 3.05) is 11.4 Å². The number of fused-ring (bicyclic) bond motifs is 1. The minimum absolute atomic E-state index is 0.100. The van der Waals surface area contributed by atoms with Crippen LogP contribution in [0.3, 0.4) is 0 Å². The van der Waals surface area contributed by atoms with Gasteiger partial charge in [0.05, 0.1) is 12.2 Å². The van der Waals surface area contributed by atoms with Crippen molar-refractivity contribution in [1.82, 2.24) is 0 Å². The van der Waals surface area contributed by atoms with Crippen LogP contribution in [0, 0.1) is 0 Å². The molecule has 0 aromatic heterocycles. The summed E-state index contributed by atoms with van der Waals surface area (Å²) < 4.78 is 6.16. The van der Waals surface area contributed by atoms with Crippen LogP contribution in [0.5, 0.6) is 5.75 Å². The van der Waals surface area contributed by atoms with Crippen LogP contribution in [0.1, 0.15) is 18.4 Å². The van der Waals surface area contributed by atoms with Crippen LogP contribution in [-0.4, -0.2) is 12.1 Å². The summed E-state index contributed by atoms with van der Waals surface area (Å²) in [4.78, 5) is 2.46. The van der Waals surface area contributed by atoms with E-state index in [1.54, 1.807) is 0 Å². The maximum absolute atomic E-state index is 6.16. The zero-order chi connectivity index (χ0) is 12.7. The third kappa shape index (κ3) is 1.97. The van der Waals surface area contributed by atoms with Gasteiger partial charge in [0.15, 0.2) is 0 Å². The first-order valence-electron chi connectivity index (χ1n) is 6.92. The fourth-order valence-corrected chi connectivity index (χ4v) is 2.85. The Balaban J connectivity index is 1.67. The van der Waals surface area contributed by atoms with E-state index in [0.717, 1.165) is 18.8 Å². The third-order valence-electron chi connectivity index (χ3n) is 4.04. The summed E-state index contributed by atoms with van der Waals surface area (Å²) in [6.45, 7) is 1.97. The topological polar surface area (TPSA) is 12.5 Å². The van der Waals surface area contributed by atoms with E-state index in [2.05, 4.69) is 59.5 Å². The largest absolute Gasteiger partial charge is 0.483 e. The molecule has 96 valence electrons. The summed E-state index contributed by atoms with van der Waals surface area (Å²) in [7, 11) is 0. The minimum Gasteiger partial charge on any atom is -0.483 e. The summed E-state index contributed by atoms with van der Waals surface area (Å²) in [5, 5.41) is 0. The second-order valence-electron chi connectivity index (χ2n) is 5.59. The van der Waals surface area contributed by atoms with Gasteiger partial charge >= 0.3 is 0 Å². The van der Waals surface area contributed by atoms with Gasteiger partial charge in [0.25, 0.3) is 0 Å². The summed E-state index contributed by atoms with van der Waals surface area (Å²) in [6.07, 6.45) is 2.37. The molecule has 1 heterocycles. The van der Waals surface area contributed by atoms with E-state index >= 15 is 0 Å². The van der Waals surface area contributed by atoms with Gasteiger partial charge in [0.1, 0.15) is 11.4 Å². The fourth-order valence-electron chi connectivity index (χ4n) is 2.85. The normalized spacial score (nSPS) is 18.8. The molecule has 0 bridgehead atoms. The summed E-state index contributed by atoms with van der Waals surface area (Å²) in [5.41, 5.74) is 2.68. The van der Waals surface area contributed by atoms with Crippen LogP contribution in [0.25, 0.3) is 0 Å². The molecule has 2 aromatic rings. The van der Waals surface area contributed by atoms with Gasteiger partial charge in [-0.1, -0.05) is 42.5 Å². The van der Waals surface area contributed by atoms with Gasteiger partial charge in [-0.2, -0.15) is 0 Å². The van der Waals surface area contributed by atoms with Crippen molar-refractivity contribution in [3.8, 4) is 5.75 Å². The van der Waals surface area contributed by atoms with Crippen molar-refractivity contribution < 1.29 is 4.74 Å². The monoisotopic (exact) mass is 251 g/mol. The Labute approximate surface area is 113 Å². The molecule has 1 aliphatic heterocycles. The molecule has 4 rings (SSSR count). The summed E-state index contributed by atoms with van der Waals surface area (Å²) in [6, 6.07) is 19.1. The zero-order valence-electron chi connectivity index (χ0n) is 10.9. The smallest absolute Gasteiger partial charge is 0.143 e. The lowest BCUT2D eigenvalue weighted by atomic mass is 10.1. The highest BCUT2D eigenvalue weighted by Gasteiger charge is 2.49. The van der Waals surface area contributed by atoms with E-state index in [-0.39, 0.29) is 5.60 Å². The predicted molar refractivity (Wildman–Crippen MR) is 76.5 cm³/mol. The molecule has 0 unspecified atom stereocenters. The SMILES string of the molecule is c1ccc(CN2CC3(CC3)Oc3ccccc32)cc1. The Morgan fingerprint density at radius 3 is 2.47 bits per heavy atom. The van der Waals surface area contributed by atoms with Gasteiger partial charge in [0, 0.05) is 6.54 Å². The van der Waals surface area contributed by atoms with Gasteiger partial charge < -0.3 is 9.64 Å². The molecule has 0 N–H and O–H groups in total. The highest BCUT2D eigenvalue weighted by Crippen LogP contribution is 2.48. The molecule has 1 aliphatic carbocycles. The van der Waals surface area contributed by atoms with E-state index in [4.69, 9.17) is 4.74 Å². The van der Waals surface area contributed by atoms with Crippen LogP contribution in [0.2, 0.25) is 0 Å². The molecular formula is C17H17NO. The second kappa shape index (κ2) is 4.02. The molecule has 0 atom stereocenters. The number of hydrogen-bond acceptors (Lipinski definition) is 2. The van der Waals surface area contributed by atoms with Crippen LogP contribution < -0.4 is 9.64 Å². The van der Waals surface area contributed by atoms with E-state index in [1.807, 2.05) is 0 Å². The van der Waals surface area contributed by atoms with Crippen molar-refractivity contribution in [3.63, 3.8) is 0 Å². The quantitative estimate of drug-likeness (QED) is 0.808. The lowest BCUT2D eigenvalue weighted by Gasteiger charge is -2.36. The number of para-hydroxylation sites is 2. The molecule has 1 saturated carbocycles. The average Bonchev–Trinajstić information content (AvgIpc) is 3.19. The number of ether oxygens (including phenoxy) is 1. The second-order valence-corrected chi connectivity index (χ2v) is 5.59. The van der Waals surface area contributed by atoms with Gasteiger partial charge in [-0.25, -0.2) is 0 Å². The Bertz CT molecular complexity index is 589. The first kappa shape index (κ1) is 10.9. The first-order valence-corrected chi connectivity index (χ1v) is 6.92. The molecular weight excluding hydrogens is 234 g/mol. The molecule has 0 amide bonds. The number of anilines is 1. The van der Waals surface area contributed by atoms with Crippen LogP contribution in [-0.2, 0) is 6.54 Å². The predicted octanol–water partition coefficient (Wildman–Crippen LogP) is 3.62. The van der Waals surface area contributed by atoms with E-state index < -0.39 is 0 Å². The fraction of sp³-hybridized carbons (Fsp3) is 0.294. The number of hydrogen-bond donors (Lipinski definition) is 0. The highest BCUT2D eigenvalue weighted by atomic mass is 16.5. The minimum atomic E-state index is 0.100. The standard InChI is InChI=1S/C17H17NO/c1-2-6-14(7-3-1)12-18-13-17(10-11-17)19-16-9-5-4-8-15(16)18/h1-9H,10-13H2. The first-order chi connectivity index (χ1) is 9.35. The van der Waals surface area contributed by atoms with Gasteiger partial charge in [0.2, 0.25) is 0 Å². The van der Waals surface area contributed by atoms with Crippen molar-refractivity contribution in [2.24, 2.45) is 0 Å². The van der Waals surface area contributed by atoms with Crippen LogP contribution >= 0.6 is 0 Å². The number of rotatable bonds is 2. The number of benzene rings is 2. The number of nitrogens with zero attached hydrogens (tertiary/aromatic N) is 1. The van der Waals surface area contributed by atoms with Crippen molar-refractivity contribution in [1.29, 1.82) is 0 Å². The summed E-state index contributed by atoms with van der Waals surface area (Å²) >= 11 is 0. The van der Waals surface area contributed by atoms with E-state index in [0.29, 0.717) is 0 Å². The van der Waals surface area contributed by atoms with Crippen molar-refractivity contribution >= 4 is 5.69 Å². The molecule has 19 heavy (non-hydrogen) atoms.